The van der Waals surface area contributed by atoms with Crippen LogP contribution in [0.3, 0.4) is 0 Å². The summed E-state index contributed by atoms with van der Waals surface area (Å²) >= 11 is 0. The summed E-state index contributed by atoms with van der Waals surface area (Å²) in [6, 6.07) is 0. The summed E-state index contributed by atoms with van der Waals surface area (Å²) in [4.78, 5) is 21.2. The average Bonchev–Trinajstić information content (AvgIpc) is 2.04. The smallest absolute Gasteiger partial charge is 0.302 e. The van der Waals surface area contributed by atoms with Crippen LogP contribution in [0, 0.1) is 0 Å². The summed E-state index contributed by atoms with van der Waals surface area (Å²) in [7, 11) is 0. The molecular weight excluding hydrogens is 174 g/mol. The molecule has 0 aromatic carbocycles. The third-order valence-corrected chi connectivity index (χ3v) is 1.29. The lowest BCUT2D eigenvalue weighted by Gasteiger charge is -2.03. The SMILES string of the molecule is CC(=O)OCCC(=O)NCCCO. The minimum absolute atomic E-state index is 0.0597. The van der Waals surface area contributed by atoms with E-state index in [1.807, 2.05) is 0 Å². The lowest BCUT2D eigenvalue weighted by atomic mass is 10.4. The molecule has 0 fully saturated rings. The summed E-state index contributed by atoms with van der Waals surface area (Å²) in [6.45, 7) is 1.92. The van der Waals surface area contributed by atoms with Crippen LogP contribution in [0.5, 0.6) is 0 Å². The molecule has 2 N–H and O–H groups in total. The molecule has 0 radical (unpaired) electrons. The number of carbonyl (C=O) groups is 2. The lowest BCUT2D eigenvalue weighted by Crippen LogP contribution is -2.26. The first kappa shape index (κ1) is 11.9. The molecule has 0 unspecified atom stereocenters. The standard InChI is InChI=1S/C8H15NO4/c1-7(11)13-6-3-8(12)9-4-2-5-10/h10H,2-6H2,1H3,(H,9,12). The minimum atomic E-state index is -0.386. The highest BCUT2D eigenvalue weighted by Crippen LogP contribution is 1.84. The molecule has 0 aromatic heterocycles. The maximum atomic E-state index is 10.9. The number of aliphatic hydroxyl groups is 1. The summed E-state index contributed by atoms with van der Waals surface area (Å²) < 4.78 is 4.57. The Morgan fingerprint density at radius 3 is 2.69 bits per heavy atom. The van der Waals surface area contributed by atoms with Gasteiger partial charge in [-0.15, -0.1) is 0 Å². The van der Waals surface area contributed by atoms with Gasteiger partial charge in [-0.3, -0.25) is 9.59 Å². The van der Waals surface area contributed by atoms with E-state index in [4.69, 9.17) is 5.11 Å². The highest BCUT2D eigenvalue weighted by molar-refractivity contribution is 5.76. The molecule has 0 saturated heterocycles. The van der Waals surface area contributed by atoms with Crippen molar-refractivity contribution in [2.75, 3.05) is 19.8 Å². The summed E-state index contributed by atoms with van der Waals surface area (Å²) in [5.41, 5.74) is 0. The van der Waals surface area contributed by atoms with Gasteiger partial charge in [0.15, 0.2) is 0 Å². The number of aliphatic hydroxyl groups excluding tert-OH is 1. The maximum Gasteiger partial charge on any atom is 0.302 e. The van der Waals surface area contributed by atoms with Gasteiger partial charge in [-0.2, -0.15) is 0 Å². The molecule has 0 saturated carbocycles. The summed E-state index contributed by atoms with van der Waals surface area (Å²) in [5.74, 6) is -0.558. The largest absolute Gasteiger partial charge is 0.465 e. The van der Waals surface area contributed by atoms with Gasteiger partial charge in [0, 0.05) is 20.1 Å². The molecule has 0 aliphatic heterocycles. The van der Waals surface area contributed by atoms with Crippen molar-refractivity contribution in [2.45, 2.75) is 19.8 Å². The van der Waals surface area contributed by atoms with Crippen molar-refractivity contribution in [3.05, 3.63) is 0 Å². The van der Waals surface area contributed by atoms with Crippen LogP contribution in [0.4, 0.5) is 0 Å². The number of ether oxygens (including phenoxy) is 1. The monoisotopic (exact) mass is 189 g/mol. The fraction of sp³-hybridized carbons (Fsp3) is 0.750. The van der Waals surface area contributed by atoms with Crippen LogP contribution in [0.15, 0.2) is 0 Å². The number of esters is 1. The van der Waals surface area contributed by atoms with Crippen LogP contribution in [0.2, 0.25) is 0 Å². The molecule has 0 aliphatic carbocycles. The number of rotatable bonds is 6. The first-order valence-electron chi connectivity index (χ1n) is 4.17. The highest BCUT2D eigenvalue weighted by Gasteiger charge is 2.00. The Hall–Kier alpha value is -1.10. The Labute approximate surface area is 77.1 Å². The molecular formula is C8H15NO4. The predicted molar refractivity (Wildman–Crippen MR) is 46.0 cm³/mol. The number of hydrogen-bond donors (Lipinski definition) is 2. The Balaban J connectivity index is 3.25. The van der Waals surface area contributed by atoms with E-state index >= 15 is 0 Å². The molecule has 0 heterocycles. The Morgan fingerprint density at radius 1 is 1.46 bits per heavy atom. The van der Waals surface area contributed by atoms with E-state index in [1.165, 1.54) is 6.92 Å². The van der Waals surface area contributed by atoms with Crippen molar-refractivity contribution in [3.8, 4) is 0 Å². The zero-order valence-corrected chi connectivity index (χ0v) is 7.71. The fourth-order valence-electron chi connectivity index (χ4n) is 0.683. The second kappa shape index (κ2) is 7.54. The van der Waals surface area contributed by atoms with E-state index in [0.717, 1.165) is 0 Å². The second-order valence-electron chi connectivity index (χ2n) is 2.52. The van der Waals surface area contributed by atoms with Gasteiger partial charge in [-0.25, -0.2) is 0 Å². The quantitative estimate of drug-likeness (QED) is 0.433. The molecule has 13 heavy (non-hydrogen) atoms. The van der Waals surface area contributed by atoms with Gasteiger partial charge in [-0.1, -0.05) is 0 Å². The first-order chi connectivity index (χ1) is 6.16. The number of nitrogens with one attached hydrogen (secondary N) is 1. The van der Waals surface area contributed by atoms with Crippen molar-refractivity contribution in [1.29, 1.82) is 0 Å². The number of amides is 1. The van der Waals surface area contributed by atoms with Gasteiger partial charge in [0.05, 0.1) is 6.42 Å². The highest BCUT2D eigenvalue weighted by atomic mass is 16.5. The van der Waals surface area contributed by atoms with Gasteiger partial charge >= 0.3 is 5.97 Å². The number of carbonyl (C=O) groups excluding carboxylic acids is 2. The van der Waals surface area contributed by atoms with E-state index in [0.29, 0.717) is 13.0 Å². The molecule has 0 aromatic rings. The Morgan fingerprint density at radius 2 is 2.15 bits per heavy atom. The van der Waals surface area contributed by atoms with E-state index in [2.05, 4.69) is 10.1 Å². The topological polar surface area (TPSA) is 75.6 Å². The van der Waals surface area contributed by atoms with Crippen molar-refractivity contribution < 1.29 is 19.4 Å². The van der Waals surface area contributed by atoms with Crippen LogP contribution in [0.1, 0.15) is 19.8 Å². The second-order valence-corrected chi connectivity index (χ2v) is 2.52. The molecule has 0 spiro atoms. The van der Waals surface area contributed by atoms with Gasteiger partial charge in [-0.05, 0) is 6.42 Å². The zero-order chi connectivity index (χ0) is 10.1. The number of hydrogen-bond acceptors (Lipinski definition) is 4. The summed E-state index contributed by atoms with van der Waals surface area (Å²) in [6.07, 6.45) is 0.713. The normalized spacial score (nSPS) is 9.38. The molecule has 0 atom stereocenters. The average molecular weight is 189 g/mol. The van der Waals surface area contributed by atoms with Crippen molar-refractivity contribution in [2.24, 2.45) is 0 Å². The Bertz CT molecular complexity index is 170. The maximum absolute atomic E-state index is 10.9. The first-order valence-corrected chi connectivity index (χ1v) is 4.17. The van der Waals surface area contributed by atoms with Crippen molar-refractivity contribution in [1.82, 2.24) is 5.32 Å². The van der Waals surface area contributed by atoms with Crippen LogP contribution >= 0.6 is 0 Å². The van der Waals surface area contributed by atoms with Gasteiger partial charge < -0.3 is 15.2 Å². The van der Waals surface area contributed by atoms with Crippen LogP contribution < -0.4 is 5.32 Å². The molecule has 5 heteroatoms. The van der Waals surface area contributed by atoms with Crippen LogP contribution in [-0.2, 0) is 14.3 Å². The van der Waals surface area contributed by atoms with E-state index in [9.17, 15) is 9.59 Å². The third kappa shape index (κ3) is 8.81. The van der Waals surface area contributed by atoms with Crippen LogP contribution in [0.25, 0.3) is 0 Å². The summed E-state index contributed by atoms with van der Waals surface area (Å²) in [5, 5.41) is 11.0. The molecule has 1 amide bonds. The van der Waals surface area contributed by atoms with Crippen molar-refractivity contribution in [3.63, 3.8) is 0 Å². The zero-order valence-electron chi connectivity index (χ0n) is 7.71. The van der Waals surface area contributed by atoms with E-state index in [-0.39, 0.29) is 31.5 Å². The lowest BCUT2D eigenvalue weighted by molar-refractivity contribution is -0.141. The molecule has 5 nitrogen and oxygen atoms in total. The molecule has 0 aliphatic rings. The van der Waals surface area contributed by atoms with Gasteiger partial charge in [0.25, 0.3) is 0 Å². The minimum Gasteiger partial charge on any atom is -0.465 e. The third-order valence-electron chi connectivity index (χ3n) is 1.29. The van der Waals surface area contributed by atoms with E-state index < -0.39 is 0 Å². The van der Waals surface area contributed by atoms with E-state index in [1.54, 1.807) is 0 Å². The molecule has 76 valence electrons. The Kier molecular flexibility index (Phi) is 6.91. The van der Waals surface area contributed by atoms with Gasteiger partial charge in [0.2, 0.25) is 5.91 Å². The van der Waals surface area contributed by atoms with Crippen LogP contribution in [-0.4, -0.2) is 36.7 Å². The molecule has 0 bridgehead atoms. The fourth-order valence-corrected chi connectivity index (χ4v) is 0.683. The predicted octanol–water partition coefficient (Wildman–Crippen LogP) is -0.562. The molecule has 0 rings (SSSR count). The van der Waals surface area contributed by atoms with Crippen molar-refractivity contribution >= 4 is 11.9 Å². The van der Waals surface area contributed by atoms with Gasteiger partial charge in [0.1, 0.15) is 6.61 Å².